The second-order valence-corrected chi connectivity index (χ2v) is 5.86. The number of hydrogen-bond acceptors (Lipinski definition) is 5. The molecule has 0 atom stereocenters. The van der Waals surface area contributed by atoms with Gasteiger partial charge >= 0.3 is 5.69 Å². The molecular weight excluding hydrogens is 336 g/mol. The number of aromatic nitrogens is 2. The molecule has 0 saturated heterocycles. The van der Waals surface area contributed by atoms with E-state index in [4.69, 9.17) is 10.2 Å². The summed E-state index contributed by atoms with van der Waals surface area (Å²) in [6.07, 6.45) is 7.83. The molecule has 0 aromatic carbocycles. The highest BCUT2D eigenvalue weighted by atomic mass is 16.3. The molecule has 2 rings (SSSR count). The van der Waals surface area contributed by atoms with E-state index >= 15 is 0 Å². The predicted molar refractivity (Wildman–Crippen MR) is 101 cm³/mol. The first-order valence-electron chi connectivity index (χ1n) is 8.61. The molecule has 8 nitrogen and oxygen atoms in total. The summed E-state index contributed by atoms with van der Waals surface area (Å²) < 4.78 is 7.38. The molecule has 8 heteroatoms. The average Bonchev–Trinajstić information content (AvgIpc) is 3.13. The van der Waals surface area contributed by atoms with Crippen molar-refractivity contribution in [2.24, 2.45) is 0 Å². The third kappa shape index (κ3) is 4.33. The molecule has 0 radical (unpaired) electrons. The van der Waals surface area contributed by atoms with E-state index in [-0.39, 0.29) is 24.5 Å². The monoisotopic (exact) mass is 360 g/mol. The lowest BCUT2D eigenvalue weighted by molar-refractivity contribution is -0.115. The minimum Gasteiger partial charge on any atom is -0.472 e. The molecule has 2 aromatic rings. The number of furan rings is 1. The largest absolute Gasteiger partial charge is 0.472 e. The highest BCUT2D eigenvalue weighted by Crippen LogP contribution is 2.12. The molecule has 2 aromatic heterocycles. The van der Waals surface area contributed by atoms with Crippen LogP contribution in [0.15, 0.2) is 38.7 Å². The number of nitrogens with one attached hydrogen (secondary N) is 1. The fourth-order valence-corrected chi connectivity index (χ4v) is 2.56. The van der Waals surface area contributed by atoms with Crippen LogP contribution < -0.4 is 22.3 Å². The standard InChI is InChI=1S/C18H24N4O4/c1-3-9-21-16(19)15(17(24)22(10-4-2)18(21)25)20-14(23)7-5-6-13-8-11-26-12-13/h5-6,8,11-12H,3-4,7,9-10,19H2,1-2H3,(H,20,23)/b6-5+. The van der Waals surface area contributed by atoms with E-state index in [1.807, 2.05) is 13.8 Å². The predicted octanol–water partition coefficient (Wildman–Crippen LogP) is 2.05. The van der Waals surface area contributed by atoms with Crippen molar-refractivity contribution in [2.45, 2.75) is 46.2 Å². The van der Waals surface area contributed by atoms with E-state index in [0.29, 0.717) is 19.4 Å². The van der Waals surface area contributed by atoms with Gasteiger partial charge in [-0.2, -0.15) is 0 Å². The van der Waals surface area contributed by atoms with Crippen LogP contribution in [0, 0.1) is 0 Å². The van der Waals surface area contributed by atoms with Crippen LogP contribution in [0.2, 0.25) is 0 Å². The van der Waals surface area contributed by atoms with Crippen molar-refractivity contribution in [3.05, 3.63) is 51.1 Å². The Morgan fingerprint density at radius 3 is 2.54 bits per heavy atom. The molecule has 0 fully saturated rings. The van der Waals surface area contributed by atoms with Gasteiger partial charge in [-0.25, -0.2) is 4.79 Å². The Balaban J connectivity index is 2.28. The smallest absolute Gasteiger partial charge is 0.332 e. The Hall–Kier alpha value is -3.03. The Morgan fingerprint density at radius 1 is 1.23 bits per heavy atom. The molecule has 0 unspecified atom stereocenters. The normalized spacial score (nSPS) is 11.2. The maximum Gasteiger partial charge on any atom is 0.332 e. The summed E-state index contributed by atoms with van der Waals surface area (Å²) in [4.78, 5) is 37.2. The number of amides is 1. The second kappa shape index (κ2) is 8.89. The van der Waals surface area contributed by atoms with Crippen molar-refractivity contribution >= 4 is 23.5 Å². The number of nitrogens with two attached hydrogens (primary N) is 1. The molecule has 0 aliphatic heterocycles. The summed E-state index contributed by atoms with van der Waals surface area (Å²) in [5, 5.41) is 2.55. The van der Waals surface area contributed by atoms with E-state index in [9.17, 15) is 14.4 Å². The lowest BCUT2D eigenvalue weighted by Gasteiger charge is -2.16. The number of nitrogen functional groups attached to an aromatic ring is 1. The summed E-state index contributed by atoms with van der Waals surface area (Å²) in [6, 6.07) is 1.76. The molecule has 0 saturated carbocycles. The molecule has 1 amide bonds. The zero-order valence-electron chi connectivity index (χ0n) is 15.0. The van der Waals surface area contributed by atoms with Crippen molar-refractivity contribution in [3.63, 3.8) is 0 Å². The van der Waals surface area contributed by atoms with Gasteiger partial charge in [-0.1, -0.05) is 26.0 Å². The zero-order chi connectivity index (χ0) is 19.1. The van der Waals surface area contributed by atoms with Gasteiger partial charge < -0.3 is 15.5 Å². The number of carbonyl (C=O) groups is 1. The van der Waals surface area contributed by atoms with Crippen LogP contribution in [0.3, 0.4) is 0 Å². The number of nitrogens with zero attached hydrogens (tertiary/aromatic N) is 2. The van der Waals surface area contributed by atoms with Crippen LogP contribution >= 0.6 is 0 Å². The first-order valence-corrected chi connectivity index (χ1v) is 8.61. The second-order valence-electron chi connectivity index (χ2n) is 5.86. The summed E-state index contributed by atoms with van der Waals surface area (Å²) in [5.41, 5.74) is 5.75. The van der Waals surface area contributed by atoms with Crippen molar-refractivity contribution in [1.82, 2.24) is 9.13 Å². The zero-order valence-corrected chi connectivity index (χ0v) is 15.0. The molecule has 26 heavy (non-hydrogen) atoms. The van der Waals surface area contributed by atoms with Crippen molar-refractivity contribution in [3.8, 4) is 0 Å². The van der Waals surface area contributed by atoms with Crippen LogP contribution in [-0.4, -0.2) is 15.0 Å². The van der Waals surface area contributed by atoms with E-state index in [2.05, 4.69) is 5.32 Å². The summed E-state index contributed by atoms with van der Waals surface area (Å²) in [7, 11) is 0. The Morgan fingerprint density at radius 2 is 1.92 bits per heavy atom. The van der Waals surface area contributed by atoms with Gasteiger partial charge in [0.25, 0.3) is 5.56 Å². The van der Waals surface area contributed by atoms with E-state index < -0.39 is 17.2 Å². The first kappa shape index (κ1) is 19.3. The van der Waals surface area contributed by atoms with Crippen LogP contribution in [0.4, 0.5) is 11.5 Å². The van der Waals surface area contributed by atoms with Crippen LogP contribution in [0.25, 0.3) is 6.08 Å². The topological polar surface area (TPSA) is 112 Å². The number of hydrogen-bond donors (Lipinski definition) is 2. The molecule has 0 aliphatic rings. The number of carbonyl (C=O) groups excluding carboxylic acids is 1. The first-order chi connectivity index (χ1) is 12.5. The van der Waals surface area contributed by atoms with Crippen molar-refractivity contribution in [2.75, 3.05) is 11.1 Å². The fourth-order valence-electron chi connectivity index (χ4n) is 2.56. The van der Waals surface area contributed by atoms with E-state index in [1.165, 1.54) is 10.8 Å². The molecular formula is C18H24N4O4. The highest BCUT2D eigenvalue weighted by Gasteiger charge is 2.18. The van der Waals surface area contributed by atoms with E-state index in [1.54, 1.807) is 24.5 Å². The third-order valence-electron chi connectivity index (χ3n) is 3.78. The maximum atomic E-state index is 12.6. The van der Waals surface area contributed by atoms with Gasteiger partial charge in [0.05, 0.1) is 12.5 Å². The minimum atomic E-state index is -0.575. The number of anilines is 2. The van der Waals surface area contributed by atoms with Gasteiger partial charge in [-0.3, -0.25) is 18.7 Å². The molecule has 3 N–H and O–H groups in total. The Kier molecular flexibility index (Phi) is 6.60. The SMILES string of the molecule is CCCn1c(N)c(NC(=O)C/C=C/c2ccoc2)c(=O)n(CCC)c1=O. The third-order valence-corrected chi connectivity index (χ3v) is 3.78. The number of rotatable bonds is 8. The van der Waals surface area contributed by atoms with Crippen LogP contribution in [-0.2, 0) is 17.9 Å². The lowest BCUT2D eigenvalue weighted by atomic mass is 10.2. The molecule has 140 valence electrons. The molecule has 0 aliphatic carbocycles. The Labute approximate surface area is 150 Å². The van der Waals surface area contributed by atoms with Gasteiger partial charge in [0.15, 0.2) is 0 Å². The fraction of sp³-hybridized carbons (Fsp3) is 0.389. The van der Waals surface area contributed by atoms with Crippen LogP contribution in [0.5, 0.6) is 0 Å². The quantitative estimate of drug-likeness (QED) is 0.748. The van der Waals surface area contributed by atoms with Crippen molar-refractivity contribution in [1.29, 1.82) is 0 Å². The van der Waals surface area contributed by atoms with Gasteiger partial charge in [-0.05, 0) is 18.9 Å². The van der Waals surface area contributed by atoms with Crippen LogP contribution in [0.1, 0.15) is 38.7 Å². The van der Waals surface area contributed by atoms with Gasteiger partial charge in [-0.15, -0.1) is 0 Å². The van der Waals surface area contributed by atoms with Gasteiger partial charge in [0.1, 0.15) is 11.5 Å². The minimum absolute atomic E-state index is 0.0126. The van der Waals surface area contributed by atoms with Crippen molar-refractivity contribution < 1.29 is 9.21 Å². The summed E-state index contributed by atoms with van der Waals surface area (Å²) in [5.74, 6) is -0.403. The average molecular weight is 360 g/mol. The van der Waals surface area contributed by atoms with Gasteiger partial charge in [0, 0.05) is 25.1 Å². The van der Waals surface area contributed by atoms with E-state index in [0.717, 1.165) is 10.1 Å². The lowest BCUT2D eigenvalue weighted by Crippen LogP contribution is -2.42. The van der Waals surface area contributed by atoms with Gasteiger partial charge in [0.2, 0.25) is 5.91 Å². The maximum absolute atomic E-state index is 12.6. The molecule has 0 bridgehead atoms. The molecule has 2 heterocycles. The summed E-state index contributed by atoms with van der Waals surface area (Å²) in [6.45, 7) is 4.41. The summed E-state index contributed by atoms with van der Waals surface area (Å²) >= 11 is 0. The highest BCUT2D eigenvalue weighted by molar-refractivity contribution is 5.94. The Bertz CT molecular complexity index is 891. The molecule has 0 spiro atoms.